The molecule has 7 heteroatoms. The van der Waals surface area contributed by atoms with Crippen molar-refractivity contribution in [2.75, 3.05) is 20.2 Å². The van der Waals surface area contributed by atoms with Gasteiger partial charge < -0.3 is 9.47 Å². The van der Waals surface area contributed by atoms with E-state index in [1.165, 1.54) is 5.56 Å². The molecule has 3 aromatic rings. The van der Waals surface area contributed by atoms with E-state index in [2.05, 4.69) is 46.3 Å². The summed E-state index contributed by atoms with van der Waals surface area (Å²) in [5.74, 6) is 1.61. The van der Waals surface area contributed by atoms with Gasteiger partial charge in [0.25, 0.3) is 0 Å². The van der Waals surface area contributed by atoms with Gasteiger partial charge in [0.2, 0.25) is 5.72 Å². The third kappa shape index (κ3) is 4.06. The van der Waals surface area contributed by atoms with E-state index in [0.717, 1.165) is 67.2 Å². The number of likely N-dealkylation sites (tertiary alicyclic amines) is 1. The molecule has 1 spiro atoms. The average molecular weight is 508 g/mol. The van der Waals surface area contributed by atoms with Crippen molar-refractivity contribution in [2.24, 2.45) is 5.10 Å². The summed E-state index contributed by atoms with van der Waals surface area (Å²) < 4.78 is 12.6. The zero-order valence-electron chi connectivity index (χ0n) is 19.6. The Morgan fingerprint density at radius 2 is 1.83 bits per heavy atom. The van der Waals surface area contributed by atoms with Crippen molar-refractivity contribution in [2.45, 2.75) is 37.6 Å². The van der Waals surface area contributed by atoms with Gasteiger partial charge in [0.15, 0.2) is 11.5 Å². The van der Waals surface area contributed by atoms with E-state index in [-0.39, 0.29) is 6.04 Å². The van der Waals surface area contributed by atoms with Gasteiger partial charge in [-0.05, 0) is 23.8 Å². The molecule has 0 aromatic heterocycles. The van der Waals surface area contributed by atoms with Gasteiger partial charge in [0.1, 0.15) is 0 Å². The minimum Gasteiger partial charge on any atom is -0.493 e. The number of methoxy groups -OCH3 is 1. The number of piperidine rings is 1. The second-order valence-corrected chi connectivity index (χ2v) is 10.3. The summed E-state index contributed by atoms with van der Waals surface area (Å²) >= 11 is 12.7. The van der Waals surface area contributed by atoms with E-state index in [1.807, 2.05) is 24.3 Å². The summed E-state index contributed by atoms with van der Waals surface area (Å²) in [5.41, 5.74) is 3.79. The summed E-state index contributed by atoms with van der Waals surface area (Å²) in [7, 11) is 1.70. The maximum atomic E-state index is 6.84. The first-order valence-corrected chi connectivity index (χ1v) is 12.8. The molecule has 1 fully saturated rings. The highest BCUT2D eigenvalue weighted by Gasteiger charge is 2.52. The average Bonchev–Trinajstić information content (AvgIpc) is 3.32. The van der Waals surface area contributed by atoms with Gasteiger partial charge in [-0.15, -0.1) is 0 Å². The Kier molecular flexibility index (Phi) is 5.87. The zero-order chi connectivity index (χ0) is 24.0. The molecule has 1 atom stereocenters. The van der Waals surface area contributed by atoms with E-state index in [9.17, 15) is 0 Å². The molecule has 0 amide bonds. The number of hydrazone groups is 1. The number of nitrogens with zero attached hydrogens (tertiary/aromatic N) is 3. The smallest absolute Gasteiger partial charge is 0.200 e. The number of para-hydroxylation sites is 1. The molecule has 180 valence electrons. The minimum absolute atomic E-state index is 0.0660. The summed E-state index contributed by atoms with van der Waals surface area (Å²) in [4.78, 5) is 2.49. The Morgan fingerprint density at radius 1 is 1.03 bits per heavy atom. The lowest BCUT2D eigenvalue weighted by molar-refractivity contribution is -0.151. The number of halogens is 2. The molecule has 0 bridgehead atoms. The van der Waals surface area contributed by atoms with Crippen LogP contribution in [0.2, 0.25) is 10.0 Å². The molecule has 3 heterocycles. The zero-order valence-corrected chi connectivity index (χ0v) is 21.1. The normalized spacial score (nSPS) is 20.7. The van der Waals surface area contributed by atoms with Crippen molar-refractivity contribution in [3.8, 4) is 11.5 Å². The van der Waals surface area contributed by atoms with E-state index in [0.29, 0.717) is 10.0 Å². The van der Waals surface area contributed by atoms with Crippen molar-refractivity contribution in [3.63, 3.8) is 0 Å². The first-order chi connectivity index (χ1) is 17.1. The van der Waals surface area contributed by atoms with Crippen molar-refractivity contribution in [1.29, 1.82) is 0 Å². The van der Waals surface area contributed by atoms with Crippen LogP contribution in [0.5, 0.6) is 11.5 Å². The van der Waals surface area contributed by atoms with Gasteiger partial charge in [-0.25, -0.2) is 5.01 Å². The van der Waals surface area contributed by atoms with Gasteiger partial charge >= 0.3 is 0 Å². The standard InChI is InChI=1S/C28H27Cl2N3O2/c1-34-26-9-5-8-22-25-17-24(21-11-10-20(29)16-23(21)30)31-33(25)28(35-27(22)26)12-14-32(15-13-28)18-19-6-3-2-4-7-19/h2-11,16,25H,12-15,17-18H2,1H3. The first kappa shape index (κ1) is 22.7. The van der Waals surface area contributed by atoms with Crippen molar-refractivity contribution >= 4 is 28.9 Å². The van der Waals surface area contributed by atoms with Crippen molar-refractivity contribution < 1.29 is 9.47 Å². The molecule has 3 aromatic carbocycles. The number of ether oxygens (including phenoxy) is 2. The van der Waals surface area contributed by atoms with E-state index in [1.54, 1.807) is 13.2 Å². The minimum atomic E-state index is -0.528. The number of fused-ring (bicyclic) bond motifs is 4. The van der Waals surface area contributed by atoms with E-state index >= 15 is 0 Å². The highest BCUT2D eigenvalue weighted by Crippen LogP contribution is 2.53. The van der Waals surface area contributed by atoms with Crippen LogP contribution in [0, 0.1) is 0 Å². The predicted octanol–water partition coefficient (Wildman–Crippen LogP) is 6.54. The molecule has 1 saturated heterocycles. The van der Waals surface area contributed by atoms with Crippen LogP contribution in [0.1, 0.15) is 42.0 Å². The van der Waals surface area contributed by atoms with Gasteiger partial charge in [-0.2, -0.15) is 5.10 Å². The molecule has 3 aliphatic heterocycles. The fourth-order valence-corrected chi connectivity index (χ4v) is 6.07. The lowest BCUT2D eigenvalue weighted by Gasteiger charge is -2.51. The number of benzene rings is 3. The van der Waals surface area contributed by atoms with Crippen molar-refractivity contribution in [3.05, 3.63) is 93.5 Å². The number of rotatable bonds is 4. The largest absolute Gasteiger partial charge is 0.493 e. The predicted molar refractivity (Wildman–Crippen MR) is 140 cm³/mol. The summed E-state index contributed by atoms with van der Waals surface area (Å²) in [6.07, 6.45) is 2.44. The number of hydrogen-bond acceptors (Lipinski definition) is 5. The topological polar surface area (TPSA) is 37.3 Å². The summed E-state index contributed by atoms with van der Waals surface area (Å²) in [5, 5.41) is 8.59. The highest BCUT2D eigenvalue weighted by atomic mass is 35.5. The third-order valence-corrected chi connectivity index (χ3v) is 7.88. The Balaban J connectivity index is 1.34. The monoisotopic (exact) mass is 507 g/mol. The van der Waals surface area contributed by atoms with Crippen LogP contribution in [0.15, 0.2) is 71.8 Å². The van der Waals surface area contributed by atoms with Crippen LogP contribution in [-0.2, 0) is 6.54 Å². The molecular formula is C28H27Cl2N3O2. The van der Waals surface area contributed by atoms with Gasteiger partial charge in [0.05, 0.1) is 23.9 Å². The van der Waals surface area contributed by atoms with Gasteiger partial charge in [0, 0.05) is 55.0 Å². The molecule has 1 unspecified atom stereocenters. The Labute approximate surface area is 215 Å². The van der Waals surface area contributed by atoms with Crippen LogP contribution in [0.3, 0.4) is 0 Å². The molecule has 5 nitrogen and oxygen atoms in total. The van der Waals surface area contributed by atoms with E-state index < -0.39 is 5.72 Å². The Morgan fingerprint density at radius 3 is 2.57 bits per heavy atom. The molecule has 35 heavy (non-hydrogen) atoms. The lowest BCUT2D eigenvalue weighted by atomic mass is 9.90. The summed E-state index contributed by atoms with van der Waals surface area (Å²) in [6.45, 7) is 2.79. The SMILES string of the molecule is COc1cccc2c1OC1(CCN(Cc3ccccc3)CC1)N1N=C(c3ccc(Cl)cc3Cl)CC21. The lowest BCUT2D eigenvalue weighted by Crippen LogP contribution is -2.59. The third-order valence-electron chi connectivity index (χ3n) is 7.34. The van der Waals surface area contributed by atoms with Gasteiger partial charge in [-0.3, -0.25) is 4.90 Å². The van der Waals surface area contributed by atoms with Crippen LogP contribution in [-0.4, -0.2) is 41.5 Å². The fraction of sp³-hybridized carbons (Fsp3) is 0.321. The summed E-state index contributed by atoms with van der Waals surface area (Å²) in [6, 6.07) is 22.4. The molecule has 6 rings (SSSR count). The Bertz CT molecular complexity index is 1270. The van der Waals surface area contributed by atoms with Gasteiger partial charge in [-0.1, -0.05) is 71.7 Å². The van der Waals surface area contributed by atoms with Crippen LogP contribution >= 0.6 is 23.2 Å². The highest BCUT2D eigenvalue weighted by molar-refractivity contribution is 6.37. The Hall–Kier alpha value is -2.73. The first-order valence-electron chi connectivity index (χ1n) is 12.0. The van der Waals surface area contributed by atoms with Crippen LogP contribution in [0.4, 0.5) is 0 Å². The second-order valence-electron chi connectivity index (χ2n) is 9.42. The van der Waals surface area contributed by atoms with Crippen LogP contribution < -0.4 is 9.47 Å². The fourth-order valence-electron chi connectivity index (χ4n) is 5.55. The molecule has 0 saturated carbocycles. The van der Waals surface area contributed by atoms with Crippen molar-refractivity contribution in [1.82, 2.24) is 9.91 Å². The van der Waals surface area contributed by atoms with E-state index in [4.69, 9.17) is 37.8 Å². The molecule has 0 aliphatic carbocycles. The molecule has 3 aliphatic rings. The molecule has 0 radical (unpaired) electrons. The quantitative estimate of drug-likeness (QED) is 0.401. The van der Waals surface area contributed by atoms with Crippen LogP contribution in [0.25, 0.3) is 0 Å². The molecular weight excluding hydrogens is 481 g/mol. The maximum Gasteiger partial charge on any atom is 0.200 e. The second kappa shape index (κ2) is 9.05. The maximum absolute atomic E-state index is 6.84. The number of hydrogen-bond donors (Lipinski definition) is 0. The molecule has 0 N–H and O–H groups in total.